The number of H-pyrrole nitrogens is 1. The summed E-state index contributed by atoms with van der Waals surface area (Å²) in [4.78, 5) is 14.7. The summed E-state index contributed by atoms with van der Waals surface area (Å²) in [5.41, 5.74) is 3.66. The van der Waals surface area contributed by atoms with Crippen molar-refractivity contribution in [2.24, 2.45) is 0 Å². The number of piperidine rings is 1. The van der Waals surface area contributed by atoms with Gasteiger partial charge >= 0.3 is 0 Å². The molecule has 0 radical (unpaired) electrons. The number of nitrogens with one attached hydrogen (secondary N) is 1. The van der Waals surface area contributed by atoms with Gasteiger partial charge < -0.3 is 10.0 Å². The lowest BCUT2D eigenvalue weighted by molar-refractivity contribution is 0.0382. The number of hydrogen-bond acceptors (Lipinski definition) is 3. The highest BCUT2D eigenvalue weighted by molar-refractivity contribution is 5.95. The Balaban J connectivity index is 1.49. The minimum absolute atomic E-state index is 0.0408. The molecule has 0 saturated carbocycles. The van der Waals surface area contributed by atoms with Crippen molar-refractivity contribution in [3.8, 4) is 11.1 Å². The van der Waals surface area contributed by atoms with Gasteiger partial charge in [-0.05, 0) is 29.7 Å². The van der Waals surface area contributed by atoms with Gasteiger partial charge in [-0.3, -0.25) is 9.89 Å². The minimum Gasteiger partial charge on any atom is -0.391 e. The lowest BCUT2D eigenvalue weighted by atomic mass is 9.87. The number of aromatic amines is 1. The highest BCUT2D eigenvalue weighted by Crippen LogP contribution is 2.29. The van der Waals surface area contributed by atoms with Crippen LogP contribution in [0.4, 0.5) is 0 Å². The molecule has 1 saturated heterocycles. The molecule has 1 aliphatic heterocycles. The predicted molar refractivity (Wildman–Crippen MR) is 99.7 cm³/mol. The van der Waals surface area contributed by atoms with Crippen molar-refractivity contribution in [3.63, 3.8) is 0 Å². The molecular weight excluding hydrogens is 326 g/mol. The average Bonchev–Trinajstić information content (AvgIpc) is 3.23. The number of likely N-dealkylation sites (tertiary alicyclic amines) is 1. The summed E-state index contributed by atoms with van der Waals surface area (Å²) in [6.45, 7) is 1.000. The number of nitrogens with zero attached hydrogens (tertiary/aromatic N) is 2. The first kappa shape index (κ1) is 16.5. The Morgan fingerprint density at radius 3 is 2.69 bits per heavy atom. The summed E-state index contributed by atoms with van der Waals surface area (Å²) in [5, 5.41) is 17.3. The molecule has 4 rings (SSSR count). The van der Waals surface area contributed by atoms with Gasteiger partial charge in [-0.1, -0.05) is 42.5 Å². The predicted octanol–water partition coefficient (Wildman–Crippen LogP) is 3.07. The van der Waals surface area contributed by atoms with E-state index in [1.165, 1.54) is 0 Å². The van der Waals surface area contributed by atoms with Gasteiger partial charge in [-0.15, -0.1) is 0 Å². The minimum atomic E-state index is -0.549. The van der Waals surface area contributed by atoms with Crippen LogP contribution < -0.4 is 0 Å². The van der Waals surface area contributed by atoms with Crippen LogP contribution >= 0.6 is 0 Å². The Labute approximate surface area is 152 Å². The van der Waals surface area contributed by atoms with E-state index in [0.29, 0.717) is 18.7 Å². The Morgan fingerprint density at radius 2 is 1.96 bits per heavy atom. The molecule has 0 spiro atoms. The van der Waals surface area contributed by atoms with Crippen LogP contribution in [0.25, 0.3) is 11.1 Å². The molecule has 2 aromatic carbocycles. The Hall–Kier alpha value is -2.92. The van der Waals surface area contributed by atoms with Gasteiger partial charge in [-0.25, -0.2) is 0 Å². The third-order valence-electron chi connectivity index (χ3n) is 5.04. The van der Waals surface area contributed by atoms with Crippen molar-refractivity contribution in [1.29, 1.82) is 0 Å². The van der Waals surface area contributed by atoms with E-state index >= 15 is 0 Å². The van der Waals surface area contributed by atoms with Crippen molar-refractivity contribution >= 4 is 5.91 Å². The molecule has 0 bridgehead atoms. The molecule has 3 aromatic rings. The molecule has 1 amide bonds. The number of carbonyl (C=O) groups is 1. The van der Waals surface area contributed by atoms with Gasteiger partial charge in [0, 0.05) is 36.3 Å². The van der Waals surface area contributed by atoms with Crippen molar-refractivity contribution in [3.05, 3.63) is 78.1 Å². The number of aliphatic hydroxyl groups is 1. The Morgan fingerprint density at radius 1 is 1.12 bits per heavy atom. The molecule has 1 aliphatic rings. The quantitative estimate of drug-likeness (QED) is 0.765. The van der Waals surface area contributed by atoms with E-state index in [0.717, 1.165) is 23.1 Å². The molecule has 5 nitrogen and oxygen atoms in total. The Kier molecular flexibility index (Phi) is 4.54. The maximum atomic E-state index is 12.9. The van der Waals surface area contributed by atoms with E-state index in [9.17, 15) is 9.90 Å². The zero-order chi connectivity index (χ0) is 17.9. The van der Waals surface area contributed by atoms with Crippen LogP contribution in [0.1, 0.15) is 28.3 Å². The summed E-state index contributed by atoms with van der Waals surface area (Å²) in [7, 11) is 0. The lowest BCUT2D eigenvalue weighted by Crippen LogP contribution is -2.45. The maximum absolute atomic E-state index is 12.9. The molecule has 26 heavy (non-hydrogen) atoms. The number of β-amino-alcohol motifs (C(OH)–C–C–N with tert-alkyl or cyclic N) is 1. The smallest absolute Gasteiger partial charge is 0.253 e. The zero-order valence-electron chi connectivity index (χ0n) is 14.4. The molecule has 0 aliphatic carbocycles. The van der Waals surface area contributed by atoms with Gasteiger partial charge in [0.2, 0.25) is 0 Å². The number of rotatable bonds is 3. The fourth-order valence-electron chi connectivity index (χ4n) is 3.63. The zero-order valence-corrected chi connectivity index (χ0v) is 14.4. The van der Waals surface area contributed by atoms with Crippen LogP contribution in [0.3, 0.4) is 0 Å². The monoisotopic (exact) mass is 347 g/mol. The second-order valence-corrected chi connectivity index (χ2v) is 6.69. The van der Waals surface area contributed by atoms with Crippen molar-refractivity contribution < 1.29 is 9.90 Å². The third kappa shape index (κ3) is 3.26. The van der Waals surface area contributed by atoms with Crippen molar-refractivity contribution in [2.75, 3.05) is 13.1 Å². The van der Waals surface area contributed by atoms with Crippen LogP contribution in [-0.2, 0) is 0 Å². The SMILES string of the molecule is O=C(c1cccc(-c2cn[nH]c2)c1)N1CC[C@H](c2ccccc2)[C@H](O)C1. The largest absolute Gasteiger partial charge is 0.391 e. The van der Waals surface area contributed by atoms with Crippen LogP contribution in [0.5, 0.6) is 0 Å². The first-order valence-electron chi connectivity index (χ1n) is 8.84. The van der Waals surface area contributed by atoms with E-state index < -0.39 is 6.10 Å². The Bertz CT molecular complexity index is 877. The summed E-state index contributed by atoms with van der Waals surface area (Å²) in [5.74, 6) is 0.0402. The first-order chi connectivity index (χ1) is 12.7. The number of amides is 1. The molecule has 0 unspecified atom stereocenters. The molecular formula is C21H21N3O2. The fourth-order valence-corrected chi connectivity index (χ4v) is 3.63. The highest BCUT2D eigenvalue weighted by Gasteiger charge is 2.31. The molecule has 5 heteroatoms. The summed E-state index contributed by atoms with van der Waals surface area (Å²) in [6, 6.07) is 17.6. The van der Waals surface area contributed by atoms with Crippen molar-refractivity contribution in [2.45, 2.75) is 18.4 Å². The van der Waals surface area contributed by atoms with Gasteiger partial charge in [0.15, 0.2) is 0 Å². The second kappa shape index (κ2) is 7.14. The molecule has 1 aromatic heterocycles. The fraction of sp³-hybridized carbons (Fsp3) is 0.238. The van der Waals surface area contributed by atoms with Crippen LogP contribution in [0, 0.1) is 0 Å². The second-order valence-electron chi connectivity index (χ2n) is 6.69. The van der Waals surface area contributed by atoms with Crippen LogP contribution in [0.2, 0.25) is 0 Å². The number of benzene rings is 2. The maximum Gasteiger partial charge on any atom is 0.253 e. The van der Waals surface area contributed by atoms with Crippen molar-refractivity contribution in [1.82, 2.24) is 15.1 Å². The molecule has 2 N–H and O–H groups in total. The molecule has 2 heterocycles. The van der Waals surface area contributed by atoms with Gasteiger partial charge in [0.05, 0.1) is 12.3 Å². The average molecular weight is 347 g/mol. The summed E-state index contributed by atoms with van der Waals surface area (Å²) < 4.78 is 0. The van der Waals surface area contributed by atoms with E-state index in [1.54, 1.807) is 17.3 Å². The van der Waals surface area contributed by atoms with Gasteiger partial charge in [0.25, 0.3) is 5.91 Å². The first-order valence-corrected chi connectivity index (χ1v) is 8.84. The molecule has 132 valence electrons. The van der Waals surface area contributed by atoms with Gasteiger partial charge in [-0.2, -0.15) is 5.10 Å². The van der Waals surface area contributed by atoms with Crippen LogP contribution in [-0.4, -0.2) is 45.3 Å². The lowest BCUT2D eigenvalue weighted by Gasteiger charge is -2.36. The number of aliphatic hydroxyl groups excluding tert-OH is 1. The number of carbonyl (C=O) groups excluding carboxylic acids is 1. The van der Waals surface area contributed by atoms with Crippen LogP contribution in [0.15, 0.2) is 67.0 Å². The van der Waals surface area contributed by atoms with E-state index in [4.69, 9.17) is 0 Å². The van der Waals surface area contributed by atoms with E-state index in [2.05, 4.69) is 10.2 Å². The molecule has 2 atom stereocenters. The molecule has 1 fully saturated rings. The number of hydrogen-bond donors (Lipinski definition) is 2. The summed E-state index contributed by atoms with van der Waals surface area (Å²) in [6.07, 6.45) is 3.75. The highest BCUT2D eigenvalue weighted by atomic mass is 16.3. The normalized spacial score (nSPS) is 20.1. The summed E-state index contributed by atoms with van der Waals surface area (Å²) >= 11 is 0. The standard InChI is InChI=1S/C21H21N3O2/c25-20-14-24(10-9-19(20)15-5-2-1-3-6-15)21(26)17-8-4-7-16(11-17)18-12-22-23-13-18/h1-8,11-13,19-20,25H,9-10,14H2,(H,22,23)/t19-,20-/m1/s1. The topological polar surface area (TPSA) is 69.2 Å². The van der Waals surface area contributed by atoms with E-state index in [1.807, 2.05) is 54.6 Å². The third-order valence-corrected chi connectivity index (χ3v) is 5.04. The van der Waals surface area contributed by atoms with E-state index in [-0.39, 0.29) is 11.8 Å². The number of aromatic nitrogens is 2. The van der Waals surface area contributed by atoms with Gasteiger partial charge in [0.1, 0.15) is 0 Å².